The molecule has 74 heavy (non-hydrogen) atoms. The van der Waals surface area contributed by atoms with Crippen molar-refractivity contribution in [3.05, 3.63) is 0 Å². The van der Waals surface area contributed by atoms with Crippen LogP contribution in [0.2, 0.25) is 0 Å². The Morgan fingerprint density at radius 1 is 0.608 bits per heavy atom. The summed E-state index contributed by atoms with van der Waals surface area (Å²) >= 11 is 0. The van der Waals surface area contributed by atoms with E-state index < -0.39 is 139 Å². The molecule has 0 aliphatic carbocycles. The molecular weight excluding hydrogens is 973 g/mol. The molecule has 10 atom stereocenters. The fourth-order valence-corrected chi connectivity index (χ4v) is 7.61. The molecule has 0 aromatic rings. The summed E-state index contributed by atoms with van der Waals surface area (Å²) in [6.07, 6.45) is 0.600. The van der Waals surface area contributed by atoms with Gasteiger partial charge in [0.1, 0.15) is 48.3 Å². The van der Waals surface area contributed by atoms with Crippen LogP contribution in [0.3, 0.4) is 0 Å². The van der Waals surface area contributed by atoms with Crippen molar-refractivity contribution >= 4 is 71.1 Å². The number of likely N-dealkylation sites (tertiary alicyclic amines) is 1. The van der Waals surface area contributed by atoms with E-state index in [0.29, 0.717) is 25.7 Å². The number of carboxylic acid groups (broad SMARTS) is 2. The minimum absolute atomic E-state index is 0.00236. The average Bonchev–Trinajstić information content (AvgIpc) is 3.83. The van der Waals surface area contributed by atoms with Gasteiger partial charge in [-0.25, -0.2) is 4.79 Å². The van der Waals surface area contributed by atoms with Crippen LogP contribution in [0.15, 0.2) is 9.98 Å². The number of aliphatic carboxylic acids is 2. The van der Waals surface area contributed by atoms with Gasteiger partial charge in [-0.2, -0.15) is 0 Å². The van der Waals surface area contributed by atoms with E-state index in [1.54, 1.807) is 20.8 Å². The van der Waals surface area contributed by atoms with Crippen LogP contribution in [0.25, 0.3) is 0 Å². The van der Waals surface area contributed by atoms with Gasteiger partial charge in [0.15, 0.2) is 11.9 Å². The Morgan fingerprint density at radius 2 is 1.08 bits per heavy atom. The number of nitrogens with one attached hydrogen (secondary N) is 7. The van der Waals surface area contributed by atoms with Crippen LogP contribution in [-0.4, -0.2) is 178 Å². The standard InChI is InChI=1S/C45H82N16O13/c1-6-24(4)34(60-35(65)25(5)47)42(72)61-21-11-15-31(61)40(70)59-33(23(2)3)41(71)58-30(22-62)39(69)55-26(13-9-19-52-44(48)49)36(66)56-28(16-17-32(63)64)38(68)54-27(14-10-20-53-45(50)51)37(67)57-29(43(73)74)12-7-8-18-46/h23-31,33-34,62H,6-22,46-47H2,1-5H3,(H,54,68)(H,55,69)(H,56,66)(H,57,67)(H,58,71)(H,59,70)(H,60,65)(H,63,64)(H,73,74)(H4,48,49,52)(H4,50,51,53)/t24-,25-,26-,27-,28-,29-,30-,31-,33-,34-/m0/s1. The first-order valence-electron chi connectivity index (χ1n) is 24.8. The Labute approximate surface area is 430 Å². The molecule has 0 unspecified atom stereocenters. The molecule has 1 aliphatic heterocycles. The molecule has 29 nitrogen and oxygen atoms in total. The molecule has 22 N–H and O–H groups in total. The zero-order chi connectivity index (χ0) is 56.2. The fourth-order valence-electron chi connectivity index (χ4n) is 7.61. The maximum Gasteiger partial charge on any atom is 0.326 e. The molecule has 0 radical (unpaired) electrons. The summed E-state index contributed by atoms with van der Waals surface area (Å²) in [5.74, 6) is -11.0. The number of guanidine groups is 2. The Morgan fingerprint density at radius 3 is 1.51 bits per heavy atom. The Hall–Kier alpha value is -6.88. The van der Waals surface area contributed by atoms with Gasteiger partial charge in [0.25, 0.3) is 0 Å². The van der Waals surface area contributed by atoms with Gasteiger partial charge in [0, 0.05) is 26.1 Å². The first-order chi connectivity index (χ1) is 34.8. The molecule has 0 saturated carbocycles. The van der Waals surface area contributed by atoms with Crippen LogP contribution < -0.4 is 71.6 Å². The first-order valence-corrected chi connectivity index (χ1v) is 24.8. The van der Waals surface area contributed by atoms with Crippen molar-refractivity contribution in [3.8, 4) is 0 Å². The molecular formula is C45H82N16O13. The number of carboxylic acids is 2. The number of hydrogen-bond acceptors (Lipinski definition) is 15. The van der Waals surface area contributed by atoms with Gasteiger partial charge in [-0.05, 0) is 89.5 Å². The second kappa shape index (κ2) is 33.8. The zero-order valence-corrected chi connectivity index (χ0v) is 43.1. The molecule has 0 aromatic heterocycles. The van der Waals surface area contributed by atoms with Gasteiger partial charge in [-0.15, -0.1) is 0 Å². The zero-order valence-electron chi connectivity index (χ0n) is 43.1. The minimum atomic E-state index is -1.74. The molecule has 29 heteroatoms. The third-order valence-corrected chi connectivity index (χ3v) is 12.1. The van der Waals surface area contributed by atoms with E-state index >= 15 is 0 Å². The lowest BCUT2D eigenvalue weighted by molar-refractivity contribution is -0.143. The van der Waals surface area contributed by atoms with Gasteiger partial charge >= 0.3 is 11.9 Å². The number of amides is 8. The number of nitrogens with two attached hydrogens (primary N) is 6. The first kappa shape index (κ1) is 65.1. The van der Waals surface area contributed by atoms with E-state index in [0.717, 1.165) is 0 Å². The van der Waals surface area contributed by atoms with E-state index in [1.807, 2.05) is 6.92 Å². The highest BCUT2D eigenvalue weighted by molar-refractivity contribution is 5.98. The highest BCUT2D eigenvalue weighted by Gasteiger charge is 2.41. The Bertz CT molecular complexity index is 1960. The summed E-state index contributed by atoms with van der Waals surface area (Å²) in [5, 5.41) is 47.1. The summed E-state index contributed by atoms with van der Waals surface area (Å²) in [5.41, 5.74) is 33.0. The number of aliphatic hydroxyl groups is 1. The van der Waals surface area contributed by atoms with Crippen molar-refractivity contribution in [2.24, 2.45) is 56.2 Å². The predicted octanol–water partition coefficient (Wildman–Crippen LogP) is -5.40. The third kappa shape index (κ3) is 23.3. The minimum Gasteiger partial charge on any atom is -0.481 e. The van der Waals surface area contributed by atoms with Crippen LogP contribution in [0.1, 0.15) is 112 Å². The van der Waals surface area contributed by atoms with Gasteiger partial charge in [0.05, 0.1) is 12.6 Å². The molecule has 1 aliphatic rings. The summed E-state index contributed by atoms with van der Waals surface area (Å²) in [4.78, 5) is 142. The maximum atomic E-state index is 14.1. The van der Waals surface area contributed by atoms with Crippen molar-refractivity contribution in [1.29, 1.82) is 0 Å². The van der Waals surface area contributed by atoms with Crippen LogP contribution in [-0.2, 0) is 47.9 Å². The van der Waals surface area contributed by atoms with E-state index in [1.165, 1.54) is 11.8 Å². The second-order valence-electron chi connectivity index (χ2n) is 18.5. The van der Waals surface area contributed by atoms with Gasteiger partial charge in [-0.1, -0.05) is 34.1 Å². The number of unbranched alkanes of at least 4 members (excludes halogenated alkanes) is 1. The van der Waals surface area contributed by atoms with Gasteiger partial charge < -0.3 is 91.8 Å². The second-order valence-corrected chi connectivity index (χ2v) is 18.5. The van der Waals surface area contributed by atoms with Crippen LogP contribution in [0, 0.1) is 11.8 Å². The highest BCUT2D eigenvalue weighted by Crippen LogP contribution is 2.22. The molecule has 1 rings (SSSR count). The number of aliphatic hydroxyl groups excluding tert-OH is 1. The van der Waals surface area contributed by atoms with Crippen molar-refractivity contribution in [3.63, 3.8) is 0 Å². The monoisotopic (exact) mass is 1050 g/mol. The molecule has 420 valence electrons. The van der Waals surface area contributed by atoms with Crippen molar-refractivity contribution < 1.29 is 63.3 Å². The topological polar surface area (TPSA) is 500 Å². The molecule has 1 heterocycles. The van der Waals surface area contributed by atoms with Crippen LogP contribution >= 0.6 is 0 Å². The molecule has 8 amide bonds. The quantitative estimate of drug-likeness (QED) is 0.0160. The van der Waals surface area contributed by atoms with Gasteiger partial charge in [0.2, 0.25) is 47.3 Å². The van der Waals surface area contributed by atoms with E-state index in [9.17, 15) is 63.3 Å². The van der Waals surface area contributed by atoms with Crippen LogP contribution in [0.4, 0.5) is 0 Å². The number of rotatable bonds is 35. The lowest BCUT2D eigenvalue weighted by atomic mass is 9.97. The maximum absolute atomic E-state index is 14.1. The summed E-state index contributed by atoms with van der Waals surface area (Å²) < 4.78 is 0. The Kier molecular flexibility index (Phi) is 29.7. The lowest BCUT2D eigenvalue weighted by Gasteiger charge is -2.33. The largest absolute Gasteiger partial charge is 0.481 e. The molecule has 0 aromatic carbocycles. The smallest absolute Gasteiger partial charge is 0.326 e. The SMILES string of the molecule is CC[C@H](C)[C@H](NC(=O)[C@H](C)N)C(=O)N1CCC[C@H]1C(=O)N[C@H](C(=O)N[C@@H](CO)C(=O)N[C@@H](CCCN=C(N)N)C(=O)N[C@@H](CCC(=O)O)C(=O)N[C@@H](CCCN=C(N)N)C(=O)N[C@@H](CCCCN)C(=O)O)C(C)C. The number of nitrogens with zero attached hydrogens (tertiary/aromatic N) is 3. The summed E-state index contributed by atoms with van der Waals surface area (Å²) in [7, 11) is 0. The number of aliphatic imine (C=N–C) groups is 2. The van der Waals surface area contributed by atoms with Crippen molar-refractivity contribution in [1.82, 2.24) is 42.1 Å². The van der Waals surface area contributed by atoms with Crippen LogP contribution in [0.5, 0.6) is 0 Å². The molecule has 1 fully saturated rings. The van der Waals surface area contributed by atoms with E-state index in [-0.39, 0.29) is 82.5 Å². The van der Waals surface area contributed by atoms with Crippen molar-refractivity contribution in [2.45, 2.75) is 166 Å². The fraction of sp³-hybridized carbons (Fsp3) is 0.733. The Balaban J connectivity index is 3.44. The number of carbonyl (C=O) groups is 10. The average molecular weight is 1060 g/mol. The molecule has 0 spiro atoms. The normalized spacial score (nSPS) is 16.8. The predicted molar refractivity (Wildman–Crippen MR) is 271 cm³/mol. The highest BCUT2D eigenvalue weighted by atomic mass is 16.4. The third-order valence-electron chi connectivity index (χ3n) is 12.1. The summed E-state index contributed by atoms with van der Waals surface area (Å²) in [6.45, 7) is 7.70. The van der Waals surface area contributed by atoms with E-state index in [4.69, 9.17) is 34.4 Å². The number of carbonyl (C=O) groups excluding carboxylic acids is 8. The number of hydrogen-bond donors (Lipinski definition) is 16. The van der Waals surface area contributed by atoms with E-state index in [2.05, 4.69) is 47.2 Å². The van der Waals surface area contributed by atoms with Crippen molar-refractivity contribution in [2.75, 3.05) is 32.8 Å². The lowest BCUT2D eigenvalue weighted by Crippen LogP contribution is -2.61. The van der Waals surface area contributed by atoms with Gasteiger partial charge in [-0.3, -0.25) is 53.1 Å². The molecule has 0 bridgehead atoms. The molecule has 1 saturated heterocycles. The summed E-state index contributed by atoms with van der Waals surface area (Å²) in [6, 6.07) is -12.0.